The SMILES string of the molecule is Cc1c(C(=O)NC(Cc2ccccc2)C(=O)O)cnn1C1CCOCC1. The smallest absolute Gasteiger partial charge is 0.326 e. The van der Waals surface area contributed by atoms with Gasteiger partial charge in [-0.15, -0.1) is 0 Å². The van der Waals surface area contributed by atoms with Crippen LogP contribution >= 0.6 is 0 Å². The maximum atomic E-state index is 12.6. The Kier molecular flexibility index (Phi) is 5.68. The van der Waals surface area contributed by atoms with Crippen LogP contribution in [0, 0.1) is 6.92 Å². The van der Waals surface area contributed by atoms with Gasteiger partial charge in [0.25, 0.3) is 5.91 Å². The Morgan fingerprint density at radius 2 is 2.00 bits per heavy atom. The molecule has 0 bridgehead atoms. The van der Waals surface area contributed by atoms with Crippen molar-refractivity contribution in [3.63, 3.8) is 0 Å². The third kappa shape index (κ3) is 4.11. The van der Waals surface area contributed by atoms with Crippen LogP contribution in [0.15, 0.2) is 36.5 Å². The number of amides is 1. The van der Waals surface area contributed by atoms with Crippen LogP contribution in [-0.4, -0.2) is 46.0 Å². The highest BCUT2D eigenvalue weighted by atomic mass is 16.5. The summed E-state index contributed by atoms with van der Waals surface area (Å²) < 4.78 is 7.22. The average Bonchev–Trinajstić information content (AvgIpc) is 3.04. The summed E-state index contributed by atoms with van der Waals surface area (Å²) in [5.41, 5.74) is 2.02. The zero-order valence-corrected chi connectivity index (χ0v) is 14.7. The van der Waals surface area contributed by atoms with E-state index in [0.29, 0.717) is 18.8 Å². The molecule has 7 nitrogen and oxygen atoms in total. The fourth-order valence-electron chi connectivity index (χ4n) is 3.23. The number of ether oxygens (including phenoxy) is 1. The van der Waals surface area contributed by atoms with Crippen molar-refractivity contribution in [3.8, 4) is 0 Å². The zero-order valence-electron chi connectivity index (χ0n) is 14.7. The summed E-state index contributed by atoms with van der Waals surface area (Å²) in [6, 6.07) is 8.47. The molecule has 1 aromatic heterocycles. The molecule has 1 aliphatic heterocycles. The van der Waals surface area contributed by atoms with Crippen LogP contribution in [0.1, 0.15) is 40.5 Å². The second kappa shape index (κ2) is 8.14. The lowest BCUT2D eigenvalue weighted by Crippen LogP contribution is -2.42. The number of aromatic nitrogens is 2. The Balaban J connectivity index is 1.71. The molecule has 0 spiro atoms. The van der Waals surface area contributed by atoms with Gasteiger partial charge in [0.1, 0.15) is 6.04 Å². The van der Waals surface area contributed by atoms with E-state index in [1.54, 1.807) is 0 Å². The van der Waals surface area contributed by atoms with Gasteiger partial charge in [-0.05, 0) is 25.3 Å². The Bertz CT molecular complexity index is 766. The molecule has 26 heavy (non-hydrogen) atoms. The number of aliphatic carboxylic acids is 1. The first-order valence-electron chi connectivity index (χ1n) is 8.75. The number of hydrogen-bond donors (Lipinski definition) is 2. The largest absolute Gasteiger partial charge is 0.480 e. The van der Waals surface area contributed by atoms with Gasteiger partial charge in [0.2, 0.25) is 0 Å². The maximum absolute atomic E-state index is 12.6. The van der Waals surface area contributed by atoms with E-state index in [4.69, 9.17) is 4.74 Å². The molecule has 138 valence electrons. The second-order valence-corrected chi connectivity index (χ2v) is 6.49. The highest BCUT2D eigenvalue weighted by molar-refractivity contribution is 5.97. The van der Waals surface area contributed by atoms with Crippen LogP contribution in [0.5, 0.6) is 0 Å². The molecule has 2 heterocycles. The van der Waals surface area contributed by atoms with Crippen molar-refractivity contribution in [2.75, 3.05) is 13.2 Å². The number of carbonyl (C=O) groups excluding carboxylic acids is 1. The molecule has 2 N–H and O–H groups in total. The Morgan fingerprint density at radius 1 is 1.31 bits per heavy atom. The number of rotatable bonds is 6. The summed E-state index contributed by atoms with van der Waals surface area (Å²) in [6.07, 6.45) is 3.46. The van der Waals surface area contributed by atoms with E-state index in [0.717, 1.165) is 24.1 Å². The lowest BCUT2D eigenvalue weighted by molar-refractivity contribution is -0.139. The van der Waals surface area contributed by atoms with Crippen LogP contribution < -0.4 is 5.32 Å². The Labute approximate surface area is 152 Å². The molecule has 1 amide bonds. The number of nitrogens with one attached hydrogen (secondary N) is 1. The van der Waals surface area contributed by atoms with E-state index in [1.807, 2.05) is 41.9 Å². The van der Waals surface area contributed by atoms with Crippen molar-refractivity contribution in [2.24, 2.45) is 0 Å². The molecule has 1 fully saturated rings. The minimum absolute atomic E-state index is 0.213. The molecular formula is C19H23N3O4. The van der Waals surface area contributed by atoms with Crippen LogP contribution in [0.3, 0.4) is 0 Å². The number of carboxylic acid groups (broad SMARTS) is 1. The number of carbonyl (C=O) groups is 2. The van der Waals surface area contributed by atoms with Crippen molar-refractivity contribution in [1.82, 2.24) is 15.1 Å². The fourth-order valence-corrected chi connectivity index (χ4v) is 3.23. The highest BCUT2D eigenvalue weighted by Gasteiger charge is 2.25. The van der Waals surface area contributed by atoms with E-state index in [2.05, 4.69) is 10.4 Å². The first-order valence-corrected chi connectivity index (χ1v) is 8.75. The molecule has 1 unspecified atom stereocenters. The highest BCUT2D eigenvalue weighted by Crippen LogP contribution is 2.23. The molecule has 0 radical (unpaired) electrons. The lowest BCUT2D eigenvalue weighted by Gasteiger charge is -2.23. The summed E-state index contributed by atoms with van der Waals surface area (Å²) in [6.45, 7) is 3.21. The standard InChI is InChI=1S/C19H23N3O4/c1-13-16(12-20-22(13)15-7-9-26-10-8-15)18(23)21-17(19(24)25)11-14-5-3-2-4-6-14/h2-6,12,15,17H,7-11H2,1H3,(H,21,23)(H,24,25). The zero-order chi connectivity index (χ0) is 18.5. The first-order chi connectivity index (χ1) is 12.6. The topological polar surface area (TPSA) is 93.5 Å². The van der Waals surface area contributed by atoms with E-state index in [1.165, 1.54) is 6.20 Å². The van der Waals surface area contributed by atoms with Gasteiger partial charge in [-0.2, -0.15) is 5.10 Å². The molecule has 1 saturated heterocycles. The molecular weight excluding hydrogens is 334 g/mol. The van der Waals surface area contributed by atoms with Gasteiger partial charge in [0.15, 0.2) is 0 Å². The van der Waals surface area contributed by atoms with Crippen LogP contribution in [0.2, 0.25) is 0 Å². The monoisotopic (exact) mass is 357 g/mol. The third-order valence-corrected chi connectivity index (χ3v) is 4.71. The lowest BCUT2D eigenvalue weighted by atomic mass is 10.1. The average molecular weight is 357 g/mol. The summed E-state index contributed by atoms with van der Waals surface area (Å²) >= 11 is 0. The Hall–Kier alpha value is -2.67. The molecule has 1 aromatic carbocycles. The molecule has 1 aliphatic rings. The van der Waals surface area contributed by atoms with Gasteiger partial charge in [-0.1, -0.05) is 30.3 Å². The predicted molar refractivity (Wildman–Crippen MR) is 95.1 cm³/mol. The third-order valence-electron chi connectivity index (χ3n) is 4.71. The molecule has 1 atom stereocenters. The van der Waals surface area contributed by atoms with Crippen molar-refractivity contribution in [3.05, 3.63) is 53.3 Å². The van der Waals surface area contributed by atoms with E-state index in [9.17, 15) is 14.7 Å². The minimum Gasteiger partial charge on any atom is -0.480 e. The molecule has 2 aromatic rings. The number of hydrogen-bond acceptors (Lipinski definition) is 4. The van der Waals surface area contributed by atoms with Crippen LogP contribution in [0.25, 0.3) is 0 Å². The van der Waals surface area contributed by atoms with Crippen molar-refractivity contribution in [1.29, 1.82) is 0 Å². The predicted octanol–water partition coefficient (Wildman–Crippen LogP) is 1.97. The molecule has 0 aliphatic carbocycles. The van der Waals surface area contributed by atoms with E-state index in [-0.39, 0.29) is 12.5 Å². The van der Waals surface area contributed by atoms with Gasteiger partial charge < -0.3 is 15.2 Å². The Morgan fingerprint density at radius 3 is 2.65 bits per heavy atom. The minimum atomic E-state index is -1.06. The summed E-state index contributed by atoms with van der Waals surface area (Å²) in [5.74, 6) is -1.47. The van der Waals surface area contributed by atoms with Gasteiger partial charge in [0.05, 0.1) is 17.8 Å². The second-order valence-electron chi connectivity index (χ2n) is 6.49. The van der Waals surface area contributed by atoms with Crippen molar-refractivity contribution >= 4 is 11.9 Å². The number of benzene rings is 1. The molecule has 0 saturated carbocycles. The fraction of sp³-hybridized carbons (Fsp3) is 0.421. The van der Waals surface area contributed by atoms with Crippen molar-refractivity contribution in [2.45, 2.75) is 38.3 Å². The van der Waals surface area contributed by atoms with Gasteiger partial charge in [0, 0.05) is 25.3 Å². The quantitative estimate of drug-likeness (QED) is 0.824. The normalized spacial score (nSPS) is 16.2. The van der Waals surface area contributed by atoms with Crippen molar-refractivity contribution < 1.29 is 19.4 Å². The van der Waals surface area contributed by atoms with Gasteiger partial charge >= 0.3 is 5.97 Å². The summed E-state index contributed by atoms with van der Waals surface area (Å²) in [7, 11) is 0. The number of carboxylic acids is 1. The van der Waals surface area contributed by atoms with E-state index >= 15 is 0 Å². The summed E-state index contributed by atoms with van der Waals surface area (Å²) in [4.78, 5) is 24.2. The first kappa shape index (κ1) is 18.1. The molecule has 7 heteroatoms. The maximum Gasteiger partial charge on any atom is 0.326 e. The van der Waals surface area contributed by atoms with E-state index < -0.39 is 17.9 Å². The van der Waals surface area contributed by atoms with Crippen LogP contribution in [0.4, 0.5) is 0 Å². The number of nitrogens with zero attached hydrogens (tertiary/aromatic N) is 2. The molecule has 3 rings (SSSR count). The van der Waals surface area contributed by atoms with Gasteiger partial charge in [-0.25, -0.2) is 4.79 Å². The van der Waals surface area contributed by atoms with Crippen LogP contribution in [-0.2, 0) is 16.0 Å². The van der Waals surface area contributed by atoms with Gasteiger partial charge in [-0.3, -0.25) is 9.48 Å². The summed E-state index contributed by atoms with van der Waals surface area (Å²) in [5, 5.41) is 16.4.